The highest BCUT2D eigenvalue weighted by molar-refractivity contribution is 5.74. The van der Waals surface area contributed by atoms with Gasteiger partial charge in [0.05, 0.1) is 25.2 Å². The highest BCUT2D eigenvalue weighted by Gasteiger charge is 2.64. The van der Waals surface area contributed by atoms with Crippen molar-refractivity contribution in [3.63, 3.8) is 0 Å². The van der Waals surface area contributed by atoms with Gasteiger partial charge in [-0.3, -0.25) is 4.79 Å². The summed E-state index contributed by atoms with van der Waals surface area (Å²) in [5.74, 6) is 1.87. The number of rotatable bonds is 1. The number of aliphatic hydroxyl groups excluding tert-OH is 2. The molecule has 142 valence electrons. The molecule has 7 unspecified atom stereocenters. The predicted octanol–water partition coefficient (Wildman–Crippen LogP) is 3.15. The molecular weight excluding hydrogens is 316 g/mol. The van der Waals surface area contributed by atoms with Gasteiger partial charge in [-0.05, 0) is 80.5 Å². The van der Waals surface area contributed by atoms with Gasteiger partial charge in [-0.15, -0.1) is 0 Å². The van der Waals surface area contributed by atoms with Crippen LogP contribution in [0.5, 0.6) is 0 Å². The molecule has 4 aliphatic carbocycles. The third kappa shape index (κ3) is 2.36. The van der Waals surface area contributed by atoms with E-state index in [1.54, 1.807) is 0 Å². The summed E-state index contributed by atoms with van der Waals surface area (Å²) < 4.78 is 5.07. The van der Waals surface area contributed by atoms with Crippen LogP contribution >= 0.6 is 0 Å². The minimum Gasteiger partial charge on any atom is -0.469 e. The van der Waals surface area contributed by atoms with Gasteiger partial charge >= 0.3 is 5.97 Å². The topological polar surface area (TPSA) is 66.8 Å². The molecule has 4 fully saturated rings. The molecule has 0 bridgehead atoms. The molecule has 4 rings (SSSR count). The van der Waals surface area contributed by atoms with Crippen molar-refractivity contribution in [2.24, 2.45) is 40.4 Å². The molecule has 25 heavy (non-hydrogen) atoms. The maximum Gasteiger partial charge on any atom is 0.309 e. The Labute approximate surface area is 151 Å². The quantitative estimate of drug-likeness (QED) is 0.713. The number of methoxy groups -OCH3 is 1. The van der Waals surface area contributed by atoms with E-state index in [1.165, 1.54) is 20.0 Å². The zero-order valence-corrected chi connectivity index (χ0v) is 15.9. The van der Waals surface area contributed by atoms with Crippen molar-refractivity contribution in [1.82, 2.24) is 0 Å². The number of fused-ring (bicyclic) bond motifs is 5. The molecule has 0 aromatic heterocycles. The van der Waals surface area contributed by atoms with Crippen molar-refractivity contribution >= 4 is 5.97 Å². The monoisotopic (exact) mass is 350 g/mol. The first-order valence-corrected chi connectivity index (χ1v) is 10.3. The molecule has 0 aliphatic heterocycles. The lowest BCUT2D eigenvalue weighted by atomic mass is 9.44. The Balaban J connectivity index is 1.65. The van der Waals surface area contributed by atoms with Crippen LogP contribution in [0.15, 0.2) is 0 Å². The first-order chi connectivity index (χ1) is 11.8. The van der Waals surface area contributed by atoms with E-state index >= 15 is 0 Å². The average Bonchev–Trinajstić information content (AvgIpc) is 2.95. The highest BCUT2D eigenvalue weighted by Crippen LogP contribution is 2.67. The van der Waals surface area contributed by atoms with E-state index in [0.29, 0.717) is 23.7 Å². The van der Waals surface area contributed by atoms with Crippen molar-refractivity contribution in [3.8, 4) is 0 Å². The van der Waals surface area contributed by atoms with Crippen molar-refractivity contribution in [2.45, 2.75) is 77.4 Å². The smallest absolute Gasteiger partial charge is 0.309 e. The van der Waals surface area contributed by atoms with Crippen LogP contribution in [0.2, 0.25) is 0 Å². The number of esters is 1. The van der Waals surface area contributed by atoms with E-state index in [4.69, 9.17) is 4.74 Å². The lowest BCUT2D eigenvalue weighted by molar-refractivity contribution is -0.182. The molecule has 4 nitrogen and oxygen atoms in total. The normalized spacial score (nSPS) is 55.0. The zero-order valence-electron chi connectivity index (χ0n) is 15.9. The van der Waals surface area contributed by atoms with Gasteiger partial charge in [0.25, 0.3) is 0 Å². The summed E-state index contributed by atoms with van der Waals surface area (Å²) in [4.78, 5) is 12.3. The molecule has 0 amide bonds. The summed E-state index contributed by atoms with van der Waals surface area (Å²) in [5, 5.41) is 21.3. The predicted molar refractivity (Wildman–Crippen MR) is 94.6 cm³/mol. The summed E-state index contributed by atoms with van der Waals surface area (Å²) in [7, 11) is 1.47. The van der Waals surface area contributed by atoms with Gasteiger partial charge in [-0.2, -0.15) is 0 Å². The van der Waals surface area contributed by atoms with Gasteiger partial charge in [0.1, 0.15) is 0 Å². The Bertz CT molecular complexity index is 548. The van der Waals surface area contributed by atoms with Gasteiger partial charge < -0.3 is 14.9 Å². The van der Waals surface area contributed by atoms with E-state index in [9.17, 15) is 15.0 Å². The molecule has 0 aromatic rings. The number of aliphatic hydroxyl groups is 2. The van der Waals surface area contributed by atoms with Gasteiger partial charge in [0, 0.05) is 5.41 Å². The molecule has 4 heteroatoms. The number of carbonyl (C=O) groups is 1. The van der Waals surface area contributed by atoms with Gasteiger partial charge in [-0.25, -0.2) is 0 Å². The van der Waals surface area contributed by atoms with Crippen LogP contribution in [-0.2, 0) is 9.53 Å². The first-order valence-electron chi connectivity index (χ1n) is 10.3. The standard InChI is InChI=1S/C21H34O4/c1-20-9-8-13(22)10-12(20)4-5-14-15-6-7-16(19(24)25-3)21(15,2)18(23)11-17(14)20/h12-18,22-23H,4-11H2,1-3H3/t12?,13-,14?,15?,16?,17?,18+,20?,21?/m1/s1. The van der Waals surface area contributed by atoms with Crippen molar-refractivity contribution < 1.29 is 19.7 Å². The molecule has 2 N–H and O–H groups in total. The Hall–Kier alpha value is -0.610. The number of carbonyl (C=O) groups excluding carboxylic acids is 1. The van der Waals surface area contributed by atoms with E-state index in [0.717, 1.165) is 38.5 Å². The van der Waals surface area contributed by atoms with Gasteiger partial charge in [-0.1, -0.05) is 13.8 Å². The van der Waals surface area contributed by atoms with Crippen molar-refractivity contribution in [3.05, 3.63) is 0 Å². The van der Waals surface area contributed by atoms with Gasteiger partial charge in [0.15, 0.2) is 0 Å². The van der Waals surface area contributed by atoms with E-state index in [2.05, 4.69) is 13.8 Å². The number of hydrogen-bond donors (Lipinski definition) is 2. The maximum absolute atomic E-state index is 12.3. The third-order valence-electron chi connectivity index (χ3n) is 9.23. The molecule has 4 aliphatic rings. The van der Waals surface area contributed by atoms with Crippen molar-refractivity contribution in [2.75, 3.05) is 7.11 Å². The summed E-state index contributed by atoms with van der Waals surface area (Å²) in [6, 6.07) is 0. The molecule has 9 atom stereocenters. The van der Waals surface area contributed by atoms with Crippen LogP contribution in [-0.4, -0.2) is 35.5 Å². The highest BCUT2D eigenvalue weighted by atomic mass is 16.5. The molecular formula is C21H34O4. The first kappa shape index (κ1) is 17.8. The van der Waals surface area contributed by atoms with E-state index in [1.807, 2.05) is 0 Å². The Kier molecular flexibility index (Phi) is 4.23. The van der Waals surface area contributed by atoms with E-state index < -0.39 is 6.10 Å². The summed E-state index contributed by atoms with van der Waals surface area (Å²) in [6.45, 7) is 4.56. The lowest BCUT2D eigenvalue weighted by Gasteiger charge is -2.62. The fraction of sp³-hybridized carbons (Fsp3) is 0.952. The second-order valence-corrected chi connectivity index (χ2v) is 9.86. The number of ether oxygens (including phenoxy) is 1. The average molecular weight is 350 g/mol. The third-order valence-corrected chi connectivity index (χ3v) is 9.23. The van der Waals surface area contributed by atoms with Crippen LogP contribution < -0.4 is 0 Å². The lowest BCUT2D eigenvalue weighted by Crippen LogP contribution is -2.59. The van der Waals surface area contributed by atoms with Crippen LogP contribution in [0.3, 0.4) is 0 Å². The maximum atomic E-state index is 12.3. The zero-order chi connectivity index (χ0) is 18.0. The van der Waals surface area contributed by atoms with Crippen LogP contribution in [0.1, 0.15) is 65.2 Å². The molecule has 0 spiro atoms. The second kappa shape index (κ2) is 5.95. The summed E-state index contributed by atoms with van der Waals surface area (Å²) >= 11 is 0. The fourth-order valence-corrected chi connectivity index (χ4v) is 7.73. The van der Waals surface area contributed by atoms with E-state index in [-0.39, 0.29) is 28.8 Å². The van der Waals surface area contributed by atoms with Crippen LogP contribution in [0.25, 0.3) is 0 Å². The molecule has 4 saturated carbocycles. The minimum atomic E-state index is -0.423. The second-order valence-electron chi connectivity index (χ2n) is 9.86. The summed E-state index contributed by atoms with van der Waals surface area (Å²) in [6.07, 6.45) is 7.45. The molecule has 0 aromatic carbocycles. The SMILES string of the molecule is COC(=O)C1CCC2C3CCC4C[C@H](O)CCC4(C)C3C[C@H](O)C12C. The minimum absolute atomic E-state index is 0.136. The Morgan fingerprint density at radius 1 is 1.00 bits per heavy atom. The van der Waals surface area contributed by atoms with Crippen LogP contribution in [0, 0.1) is 40.4 Å². The fourth-order valence-electron chi connectivity index (χ4n) is 7.73. The summed E-state index contributed by atoms with van der Waals surface area (Å²) in [5.41, 5.74) is -0.0839. The van der Waals surface area contributed by atoms with Crippen LogP contribution in [0.4, 0.5) is 0 Å². The Morgan fingerprint density at radius 2 is 1.76 bits per heavy atom. The molecule has 0 radical (unpaired) electrons. The largest absolute Gasteiger partial charge is 0.469 e. The van der Waals surface area contributed by atoms with Crippen molar-refractivity contribution in [1.29, 1.82) is 0 Å². The molecule has 0 heterocycles. The molecule has 0 saturated heterocycles. The van der Waals surface area contributed by atoms with Gasteiger partial charge in [0.2, 0.25) is 0 Å². The number of hydrogen-bond acceptors (Lipinski definition) is 4. The Morgan fingerprint density at radius 3 is 2.48 bits per heavy atom.